The molecule has 27 heavy (non-hydrogen) atoms. The molecule has 0 bridgehead atoms. The van der Waals surface area contributed by atoms with Crippen LogP contribution in [0.25, 0.3) is 0 Å². The second-order valence-electron chi connectivity index (χ2n) is 5.93. The number of hydrogen-bond donors (Lipinski definition) is 1. The van der Waals surface area contributed by atoms with Crippen molar-refractivity contribution in [2.75, 3.05) is 32.8 Å². The molecular weight excluding hydrogens is 367 g/mol. The monoisotopic (exact) mass is 387 g/mol. The smallest absolute Gasteiger partial charge is 0.409 e. The minimum Gasteiger partial charge on any atom is -0.450 e. The van der Waals surface area contributed by atoms with Gasteiger partial charge in [0, 0.05) is 26.2 Å². The minimum absolute atomic E-state index is 0.247. The molecule has 1 aliphatic rings. The Hall–Kier alpha value is -2.78. The molecule has 0 aromatic heterocycles. The first kappa shape index (κ1) is 20.5. The number of piperazine rings is 1. The van der Waals surface area contributed by atoms with Gasteiger partial charge in [0.1, 0.15) is 6.04 Å². The molecular formula is C17H20F3N3O4. The highest BCUT2D eigenvalue weighted by molar-refractivity contribution is 5.97. The molecule has 7 nitrogen and oxygen atoms in total. The van der Waals surface area contributed by atoms with Crippen molar-refractivity contribution in [3.05, 3.63) is 35.1 Å². The number of ether oxygens (including phenoxy) is 1. The number of carbonyl (C=O) groups is 3. The van der Waals surface area contributed by atoms with E-state index in [1.807, 2.05) is 0 Å². The van der Waals surface area contributed by atoms with Gasteiger partial charge in [-0.1, -0.05) is 0 Å². The molecule has 0 aliphatic carbocycles. The zero-order valence-electron chi connectivity index (χ0n) is 14.9. The highest BCUT2D eigenvalue weighted by Crippen LogP contribution is 2.15. The largest absolute Gasteiger partial charge is 0.450 e. The number of halogens is 3. The SMILES string of the molecule is CCOC(=O)N1CCN(C(=O)[C@@H](C)NC(=O)c2ccc(F)c(F)c2F)CC1. The highest BCUT2D eigenvalue weighted by atomic mass is 19.2. The molecule has 0 unspecified atom stereocenters. The number of amides is 3. The third kappa shape index (κ3) is 4.69. The van der Waals surface area contributed by atoms with Gasteiger partial charge >= 0.3 is 6.09 Å². The van der Waals surface area contributed by atoms with Gasteiger partial charge in [-0.05, 0) is 26.0 Å². The quantitative estimate of drug-likeness (QED) is 0.795. The molecule has 0 spiro atoms. The number of carbonyl (C=O) groups excluding carboxylic acids is 3. The van der Waals surface area contributed by atoms with Crippen molar-refractivity contribution < 1.29 is 32.3 Å². The van der Waals surface area contributed by atoms with Gasteiger partial charge in [-0.3, -0.25) is 9.59 Å². The minimum atomic E-state index is -1.75. The Kier molecular flexibility index (Phi) is 6.65. The van der Waals surface area contributed by atoms with Crippen molar-refractivity contribution in [2.45, 2.75) is 19.9 Å². The van der Waals surface area contributed by atoms with Gasteiger partial charge in [0.05, 0.1) is 12.2 Å². The molecule has 1 fully saturated rings. The molecule has 1 aromatic carbocycles. The summed E-state index contributed by atoms with van der Waals surface area (Å²) >= 11 is 0. The third-order valence-corrected chi connectivity index (χ3v) is 4.12. The van der Waals surface area contributed by atoms with Crippen LogP contribution >= 0.6 is 0 Å². The molecule has 0 radical (unpaired) electrons. The first-order valence-corrected chi connectivity index (χ1v) is 8.41. The van der Waals surface area contributed by atoms with Crippen LogP contribution in [0, 0.1) is 17.5 Å². The molecule has 1 aliphatic heterocycles. The molecule has 1 heterocycles. The van der Waals surface area contributed by atoms with Gasteiger partial charge in [0.25, 0.3) is 5.91 Å². The average Bonchev–Trinajstić information content (AvgIpc) is 2.65. The maximum Gasteiger partial charge on any atom is 0.409 e. The van der Waals surface area contributed by atoms with Crippen LogP contribution < -0.4 is 5.32 Å². The van der Waals surface area contributed by atoms with E-state index in [1.165, 1.54) is 16.7 Å². The van der Waals surface area contributed by atoms with E-state index in [-0.39, 0.29) is 32.8 Å². The first-order valence-electron chi connectivity index (χ1n) is 8.41. The summed E-state index contributed by atoms with van der Waals surface area (Å²) in [5, 5.41) is 2.27. The van der Waals surface area contributed by atoms with E-state index in [1.54, 1.807) is 6.92 Å². The lowest BCUT2D eigenvalue weighted by atomic mass is 10.1. The Balaban J connectivity index is 1.94. The van der Waals surface area contributed by atoms with Gasteiger partial charge in [-0.15, -0.1) is 0 Å². The van der Waals surface area contributed by atoms with Crippen molar-refractivity contribution >= 4 is 17.9 Å². The van der Waals surface area contributed by atoms with E-state index in [9.17, 15) is 27.6 Å². The molecule has 148 valence electrons. The maximum absolute atomic E-state index is 13.7. The Morgan fingerprint density at radius 1 is 1.07 bits per heavy atom. The van der Waals surface area contributed by atoms with Gasteiger partial charge in [-0.2, -0.15) is 0 Å². The number of rotatable bonds is 4. The molecule has 2 rings (SSSR count). The normalized spacial score (nSPS) is 15.3. The molecule has 1 atom stereocenters. The van der Waals surface area contributed by atoms with E-state index in [4.69, 9.17) is 4.74 Å². The lowest BCUT2D eigenvalue weighted by Gasteiger charge is -2.35. The second-order valence-corrected chi connectivity index (χ2v) is 5.93. The Bertz CT molecular complexity index is 736. The van der Waals surface area contributed by atoms with Crippen LogP contribution in [0.4, 0.5) is 18.0 Å². The number of nitrogens with one attached hydrogen (secondary N) is 1. The van der Waals surface area contributed by atoms with Gasteiger partial charge in [0.2, 0.25) is 5.91 Å². The summed E-state index contributed by atoms with van der Waals surface area (Å²) < 4.78 is 44.8. The topological polar surface area (TPSA) is 79.0 Å². The molecule has 1 saturated heterocycles. The summed E-state index contributed by atoms with van der Waals surface area (Å²) in [4.78, 5) is 39.0. The summed E-state index contributed by atoms with van der Waals surface area (Å²) in [5.41, 5.74) is -0.694. The van der Waals surface area contributed by atoms with Crippen molar-refractivity contribution in [3.8, 4) is 0 Å². The fourth-order valence-electron chi connectivity index (χ4n) is 2.64. The summed E-state index contributed by atoms with van der Waals surface area (Å²) in [5.74, 6) is -6.24. The molecule has 1 N–H and O–H groups in total. The number of hydrogen-bond acceptors (Lipinski definition) is 4. The van der Waals surface area contributed by atoms with Crippen LogP contribution in [0.5, 0.6) is 0 Å². The van der Waals surface area contributed by atoms with Crippen molar-refractivity contribution in [1.29, 1.82) is 0 Å². The molecule has 3 amide bonds. The third-order valence-electron chi connectivity index (χ3n) is 4.12. The summed E-state index contributed by atoms with van der Waals surface area (Å²) in [7, 11) is 0. The summed E-state index contributed by atoms with van der Waals surface area (Å²) in [6.45, 7) is 4.40. The second kappa shape index (κ2) is 8.74. The maximum atomic E-state index is 13.7. The Labute approximate surface area is 154 Å². The fourth-order valence-corrected chi connectivity index (χ4v) is 2.64. The van der Waals surface area contributed by atoms with Crippen molar-refractivity contribution in [2.24, 2.45) is 0 Å². The lowest BCUT2D eigenvalue weighted by Crippen LogP contribution is -2.55. The molecule has 1 aromatic rings. The van der Waals surface area contributed by atoms with E-state index in [0.29, 0.717) is 6.07 Å². The van der Waals surface area contributed by atoms with Crippen molar-refractivity contribution in [1.82, 2.24) is 15.1 Å². The van der Waals surface area contributed by atoms with E-state index in [0.717, 1.165) is 6.07 Å². The zero-order chi connectivity index (χ0) is 20.1. The Morgan fingerprint density at radius 3 is 2.26 bits per heavy atom. The lowest BCUT2D eigenvalue weighted by molar-refractivity contribution is -0.134. The first-order chi connectivity index (χ1) is 12.8. The molecule has 10 heteroatoms. The van der Waals surface area contributed by atoms with Crippen LogP contribution in [0.2, 0.25) is 0 Å². The van der Waals surface area contributed by atoms with Gasteiger partial charge < -0.3 is 19.9 Å². The predicted molar refractivity (Wildman–Crippen MR) is 88.4 cm³/mol. The summed E-state index contributed by atoms with van der Waals surface area (Å²) in [6, 6.07) is 0.423. The Morgan fingerprint density at radius 2 is 1.67 bits per heavy atom. The zero-order valence-corrected chi connectivity index (χ0v) is 14.9. The van der Waals surface area contributed by atoms with Crippen molar-refractivity contribution in [3.63, 3.8) is 0 Å². The van der Waals surface area contributed by atoms with Crippen LogP contribution in [0.15, 0.2) is 12.1 Å². The van der Waals surface area contributed by atoms with Gasteiger partial charge in [-0.25, -0.2) is 18.0 Å². The van der Waals surface area contributed by atoms with Crippen LogP contribution in [-0.2, 0) is 9.53 Å². The van der Waals surface area contributed by atoms with Gasteiger partial charge in [0.15, 0.2) is 17.5 Å². The van der Waals surface area contributed by atoms with Crippen LogP contribution in [0.1, 0.15) is 24.2 Å². The number of nitrogens with zero attached hydrogens (tertiary/aromatic N) is 2. The fraction of sp³-hybridized carbons (Fsp3) is 0.471. The standard InChI is InChI=1S/C17H20F3N3O4/c1-3-27-17(26)23-8-6-22(7-9-23)16(25)10(2)21-15(24)11-4-5-12(18)14(20)13(11)19/h4-5,10H,3,6-9H2,1-2H3,(H,21,24)/t10-/m1/s1. The predicted octanol–water partition coefficient (Wildman–Crippen LogP) is 1.52. The van der Waals surface area contributed by atoms with E-state index >= 15 is 0 Å². The highest BCUT2D eigenvalue weighted by Gasteiger charge is 2.29. The summed E-state index contributed by atoms with van der Waals surface area (Å²) in [6.07, 6.45) is -0.459. The molecule has 0 saturated carbocycles. The van der Waals surface area contributed by atoms with Crippen LogP contribution in [-0.4, -0.2) is 66.5 Å². The van der Waals surface area contributed by atoms with E-state index < -0.39 is 47.0 Å². The number of benzene rings is 1. The van der Waals surface area contributed by atoms with E-state index in [2.05, 4.69) is 5.32 Å². The van der Waals surface area contributed by atoms with Crippen LogP contribution in [0.3, 0.4) is 0 Å². The average molecular weight is 387 g/mol.